The summed E-state index contributed by atoms with van der Waals surface area (Å²) in [6.07, 6.45) is 11.1. The SMILES string of the molecule is CNC(Cc1ccn(C)n1)C1(N(C)C)CCCCCC1. The quantitative estimate of drug-likeness (QED) is 0.838. The van der Waals surface area contributed by atoms with Crippen LogP contribution in [0.3, 0.4) is 0 Å². The maximum absolute atomic E-state index is 4.57. The highest BCUT2D eigenvalue weighted by Gasteiger charge is 2.40. The number of hydrogen-bond acceptors (Lipinski definition) is 3. The minimum Gasteiger partial charge on any atom is -0.315 e. The van der Waals surface area contributed by atoms with Gasteiger partial charge in [-0.25, -0.2) is 0 Å². The van der Waals surface area contributed by atoms with Crippen molar-refractivity contribution in [2.24, 2.45) is 7.05 Å². The van der Waals surface area contributed by atoms with Gasteiger partial charge >= 0.3 is 0 Å². The number of rotatable bonds is 5. The fourth-order valence-electron chi connectivity index (χ4n) is 3.79. The van der Waals surface area contributed by atoms with Gasteiger partial charge in [0.15, 0.2) is 0 Å². The van der Waals surface area contributed by atoms with Gasteiger partial charge in [-0.05, 0) is 40.1 Å². The molecule has 1 atom stereocenters. The maximum atomic E-state index is 4.57. The summed E-state index contributed by atoms with van der Waals surface area (Å²) < 4.78 is 1.90. The standard InChI is InChI=1S/C16H30N4/c1-17-15(13-14-9-12-20(4)18-14)16(19(2)3)10-7-5-6-8-11-16/h9,12,15,17H,5-8,10-11,13H2,1-4H3. The van der Waals surface area contributed by atoms with Crippen LogP contribution >= 0.6 is 0 Å². The third-order valence-electron chi connectivity index (χ3n) is 5.04. The van der Waals surface area contributed by atoms with E-state index in [-0.39, 0.29) is 5.54 Å². The zero-order chi connectivity index (χ0) is 14.6. The first-order chi connectivity index (χ1) is 9.58. The number of hydrogen-bond donors (Lipinski definition) is 1. The molecule has 1 heterocycles. The van der Waals surface area contributed by atoms with E-state index in [9.17, 15) is 0 Å². The van der Waals surface area contributed by atoms with E-state index in [4.69, 9.17) is 0 Å². The number of nitrogens with one attached hydrogen (secondary N) is 1. The van der Waals surface area contributed by atoms with Crippen molar-refractivity contribution in [3.63, 3.8) is 0 Å². The van der Waals surface area contributed by atoms with Crippen LogP contribution in [-0.4, -0.2) is 47.4 Å². The summed E-state index contributed by atoms with van der Waals surface area (Å²) in [5.41, 5.74) is 1.46. The molecule has 0 saturated heterocycles. The van der Waals surface area contributed by atoms with Gasteiger partial charge in [-0.1, -0.05) is 25.7 Å². The topological polar surface area (TPSA) is 33.1 Å². The molecule has 1 aromatic rings. The Labute approximate surface area is 123 Å². The van der Waals surface area contributed by atoms with E-state index in [2.05, 4.69) is 42.5 Å². The van der Waals surface area contributed by atoms with Gasteiger partial charge in [-0.3, -0.25) is 4.68 Å². The molecule has 1 N–H and O–H groups in total. The summed E-state index contributed by atoms with van der Waals surface area (Å²) in [6, 6.07) is 2.61. The predicted octanol–water partition coefficient (Wildman–Crippen LogP) is 2.21. The number of aromatic nitrogens is 2. The molecule has 1 aliphatic rings. The molecule has 2 rings (SSSR count). The predicted molar refractivity (Wildman–Crippen MR) is 83.9 cm³/mol. The van der Waals surface area contributed by atoms with E-state index in [0.717, 1.165) is 6.42 Å². The first kappa shape index (κ1) is 15.5. The normalized spacial score (nSPS) is 20.9. The summed E-state index contributed by atoms with van der Waals surface area (Å²) in [7, 11) is 8.58. The van der Waals surface area contributed by atoms with Crippen molar-refractivity contribution < 1.29 is 0 Å². The summed E-state index contributed by atoms with van der Waals surface area (Å²) in [5.74, 6) is 0. The fraction of sp³-hybridized carbons (Fsp3) is 0.812. The Bertz CT molecular complexity index is 402. The van der Waals surface area contributed by atoms with Crippen molar-refractivity contribution in [2.45, 2.75) is 56.5 Å². The average Bonchev–Trinajstić information content (AvgIpc) is 2.68. The lowest BCUT2D eigenvalue weighted by molar-refractivity contribution is 0.0831. The van der Waals surface area contributed by atoms with Gasteiger partial charge < -0.3 is 10.2 Å². The van der Waals surface area contributed by atoms with Gasteiger partial charge in [-0.15, -0.1) is 0 Å². The summed E-state index contributed by atoms with van der Waals surface area (Å²) >= 11 is 0. The minimum atomic E-state index is 0.267. The van der Waals surface area contributed by atoms with Gasteiger partial charge in [0, 0.05) is 31.2 Å². The van der Waals surface area contributed by atoms with Crippen LogP contribution in [0.15, 0.2) is 12.3 Å². The Balaban J connectivity index is 2.19. The van der Waals surface area contributed by atoms with E-state index in [1.165, 1.54) is 44.2 Å². The monoisotopic (exact) mass is 278 g/mol. The van der Waals surface area contributed by atoms with Crippen LogP contribution in [-0.2, 0) is 13.5 Å². The van der Waals surface area contributed by atoms with Crippen LogP contribution in [0.4, 0.5) is 0 Å². The van der Waals surface area contributed by atoms with Crippen molar-refractivity contribution in [2.75, 3.05) is 21.1 Å². The van der Waals surface area contributed by atoms with Crippen molar-refractivity contribution in [3.8, 4) is 0 Å². The molecule has 4 heteroatoms. The zero-order valence-corrected chi connectivity index (χ0v) is 13.5. The Kier molecular flexibility index (Phi) is 5.22. The Morgan fingerprint density at radius 1 is 1.30 bits per heavy atom. The Morgan fingerprint density at radius 3 is 2.40 bits per heavy atom. The number of aryl methyl sites for hydroxylation is 1. The van der Waals surface area contributed by atoms with Gasteiger partial charge in [0.05, 0.1) is 5.69 Å². The van der Waals surface area contributed by atoms with Gasteiger partial charge in [0.25, 0.3) is 0 Å². The van der Waals surface area contributed by atoms with Crippen LogP contribution in [0, 0.1) is 0 Å². The Morgan fingerprint density at radius 2 is 1.95 bits per heavy atom. The average molecular weight is 278 g/mol. The molecule has 0 radical (unpaired) electrons. The van der Waals surface area contributed by atoms with E-state index in [1.807, 2.05) is 17.9 Å². The van der Waals surface area contributed by atoms with Crippen LogP contribution in [0.5, 0.6) is 0 Å². The summed E-state index contributed by atoms with van der Waals surface area (Å²) in [6.45, 7) is 0. The van der Waals surface area contributed by atoms with Gasteiger partial charge in [-0.2, -0.15) is 5.10 Å². The first-order valence-electron chi connectivity index (χ1n) is 7.92. The smallest absolute Gasteiger partial charge is 0.0640 e. The third kappa shape index (κ3) is 3.23. The van der Waals surface area contributed by atoms with Crippen molar-refractivity contribution in [3.05, 3.63) is 18.0 Å². The second-order valence-corrected chi connectivity index (χ2v) is 6.44. The lowest BCUT2D eigenvalue weighted by Crippen LogP contribution is -2.59. The molecule has 0 spiro atoms. The highest BCUT2D eigenvalue weighted by molar-refractivity contribution is 5.08. The molecule has 0 amide bonds. The lowest BCUT2D eigenvalue weighted by Gasteiger charge is -2.46. The third-order valence-corrected chi connectivity index (χ3v) is 5.04. The van der Waals surface area contributed by atoms with E-state index < -0.39 is 0 Å². The minimum absolute atomic E-state index is 0.267. The molecule has 4 nitrogen and oxygen atoms in total. The zero-order valence-electron chi connectivity index (χ0n) is 13.5. The molecule has 1 unspecified atom stereocenters. The lowest BCUT2D eigenvalue weighted by atomic mass is 9.79. The summed E-state index contributed by atoms with van der Waals surface area (Å²) in [4.78, 5) is 2.46. The molecule has 1 saturated carbocycles. The van der Waals surface area contributed by atoms with Crippen LogP contribution in [0.1, 0.15) is 44.2 Å². The highest BCUT2D eigenvalue weighted by Crippen LogP contribution is 2.35. The number of likely N-dealkylation sites (N-methyl/N-ethyl adjacent to an activating group) is 2. The second kappa shape index (κ2) is 6.72. The summed E-state index contributed by atoms with van der Waals surface area (Å²) in [5, 5.41) is 8.15. The van der Waals surface area contributed by atoms with E-state index in [0.29, 0.717) is 6.04 Å². The first-order valence-corrected chi connectivity index (χ1v) is 7.92. The molecule has 0 aliphatic heterocycles. The molecular formula is C16H30N4. The van der Waals surface area contributed by atoms with Gasteiger partial charge in [0.2, 0.25) is 0 Å². The molecule has 0 bridgehead atoms. The van der Waals surface area contributed by atoms with Crippen molar-refractivity contribution in [1.82, 2.24) is 20.0 Å². The molecule has 20 heavy (non-hydrogen) atoms. The largest absolute Gasteiger partial charge is 0.315 e. The number of nitrogens with zero attached hydrogens (tertiary/aromatic N) is 3. The highest BCUT2D eigenvalue weighted by atomic mass is 15.3. The maximum Gasteiger partial charge on any atom is 0.0640 e. The van der Waals surface area contributed by atoms with Crippen molar-refractivity contribution >= 4 is 0 Å². The molecule has 1 aromatic heterocycles. The molecular weight excluding hydrogens is 248 g/mol. The molecule has 0 aromatic carbocycles. The van der Waals surface area contributed by atoms with E-state index >= 15 is 0 Å². The van der Waals surface area contributed by atoms with Crippen molar-refractivity contribution in [1.29, 1.82) is 0 Å². The molecule has 114 valence electrons. The Hall–Kier alpha value is -0.870. The van der Waals surface area contributed by atoms with Crippen LogP contribution < -0.4 is 5.32 Å². The molecule has 1 fully saturated rings. The van der Waals surface area contributed by atoms with Gasteiger partial charge in [0.1, 0.15) is 0 Å². The second-order valence-electron chi connectivity index (χ2n) is 6.44. The van der Waals surface area contributed by atoms with E-state index in [1.54, 1.807) is 0 Å². The molecule has 1 aliphatic carbocycles. The van der Waals surface area contributed by atoms with Crippen LogP contribution in [0.2, 0.25) is 0 Å². The van der Waals surface area contributed by atoms with Crippen LogP contribution in [0.25, 0.3) is 0 Å². The fourth-order valence-corrected chi connectivity index (χ4v) is 3.79.